The molecule has 0 unspecified atom stereocenters. The summed E-state index contributed by atoms with van der Waals surface area (Å²) in [5, 5.41) is 9.62. The average Bonchev–Trinajstić information content (AvgIpc) is 3.06. The number of aromatic nitrogens is 5. The number of fused-ring (bicyclic) bond motifs is 3. The lowest BCUT2D eigenvalue weighted by molar-refractivity contribution is -0.173. The minimum Gasteiger partial charge on any atom is -0.353 e. The molecule has 0 radical (unpaired) electrons. The zero-order valence-electron chi connectivity index (χ0n) is 19.6. The van der Waals surface area contributed by atoms with Gasteiger partial charge in [-0.3, -0.25) is 9.47 Å². The van der Waals surface area contributed by atoms with Gasteiger partial charge >= 0.3 is 0 Å². The van der Waals surface area contributed by atoms with Gasteiger partial charge in [0.2, 0.25) is 5.95 Å². The average molecular weight is 517 g/mol. The molecule has 7 rings (SSSR count). The Hall–Kier alpha value is -2.92. The molecule has 2 saturated heterocycles. The molecular weight excluding hydrogens is 493 g/mol. The summed E-state index contributed by atoms with van der Waals surface area (Å²) in [4.78, 5) is 14.0. The molecule has 1 spiro atoms. The van der Waals surface area contributed by atoms with E-state index in [1.165, 1.54) is 12.5 Å². The standard InChI is InChI=1S/C24H24ClF3N8/c1-22(8-24(27,28)9-22)35-6-15-4-16(25)2-3-18(15)36-19(7-35)31-32-21(36)34-12-23(13-34)10-33(11-23)20-17(26)5-29-14-30-20/h2-5,14H,6-13H2,1H3. The SMILES string of the molecule is CC1(N2Cc3cc(Cl)ccc3-n3c(nnc3N3CC4(CN(c5ncncc5F)C4)C3)C2)CC(F)(F)C1. The molecular formula is C24H24ClF3N8. The van der Waals surface area contributed by atoms with E-state index in [4.69, 9.17) is 11.6 Å². The van der Waals surface area contributed by atoms with Crippen LogP contribution in [0, 0.1) is 11.2 Å². The number of benzene rings is 1. The summed E-state index contributed by atoms with van der Waals surface area (Å²) in [5.41, 5.74) is 1.32. The summed E-state index contributed by atoms with van der Waals surface area (Å²) in [6, 6.07) is 5.69. The lowest BCUT2D eigenvalue weighted by Gasteiger charge is -2.60. The number of alkyl halides is 2. The molecule has 12 heteroatoms. The largest absolute Gasteiger partial charge is 0.353 e. The summed E-state index contributed by atoms with van der Waals surface area (Å²) >= 11 is 6.34. The van der Waals surface area contributed by atoms with Crippen molar-refractivity contribution in [3.05, 3.63) is 53.0 Å². The van der Waals surface area contributed by atoms with Gasteiger partial charge in [0.1, 0.15) is 6.33 Å². The Labute approximate surface area is 210 Å². The second kappa shape index (κ2) is 7.32. The Morgan fingerprint density at radius 2 is 1.75 bits per heavy atom. The Morgan fingerprint density at radius 1 is 1.00 bits per heavy atom. The van der Waals surface area contributed by atoms with E-state index in [0.29, 0.717) is 37.0 Å². The highest BCUT2D eigenvalue weighted by Gasteiger charge is 2.57. The van der Waals surface area contributed by atoms with Gasteiger partial charge in [-0.25, -0.2) is 23.1 Å². The van der Waals surface area contributed by atoms with E-state index in [9.17, 15) is 13.2 Å². The van der Waals surface area contributed by atoms with Crippen LogP contribution >= 0.6 is 11.6 Å². The summed E-state index contributed by atoms with van der Waals surface area (Å²) in [6.07, 6.45) is 2.20. The van der Waals surface area contributed by atoms with E-state index in [0.717, 1.165) is 36.1 Å². The zero-order valence-corrected chi connectivity index (χ0v) is 20.4. The van der Waals surface area contributed by atoms with Crippen LogP contribution in [0.25, 0.3) is 5.69 Å². The molecule has 36 heavy (non-hydrogen) atoms. The molecule has 188 valence electrons. The highest BCUT2D eigenvalue weighted by molar-refractivity contribution is 6.30. The summed E-state index contributed by atoms with van der Waals surface area (Å²) < 4.78 is 43.8. The van der Waals surface area contributed by atoms with E-state index < -0.39 is 17.3 Å². The molecule has 3 aromatic rings. The fourth-order valence-electron chi connectivity index (χ4n) is 6.42. The van der Waals surface area contributed by atoms with Gasteiger partial charge in [0, 0.05) is 61.5 Å². The molecule has 0 bridgehead atoms. The predicted molar refractivity (Wildman–Crippen MR) is 127 cm³/mol. The maximum absolute atomic E-state index is 14.1. The van der Waals surface area contributed by atoms with Crippen molar-refractivity contribution in [3.8, 4) is 5.69 Å². The second-order valence-corrected chi connectivity index (χ2v) is 11.4. The third-order valence-electron chi connectivity index (χ3n) is 8.07. The van der Waals surface area contributed by atoms with Crippen molar-refractivity contribution in [1.29, 1.82) is 0 Å². The maximum atomic E-state index is 14.1. The van der Waals surface area contributed by atoms with Crippen LogP contribution in [0.5, 0.6) is 0 Å². The van der Waals surface area contributed by atoms with Gasteiger partial charge in [0.25, 0.3) is 5.92 Å². The Kier molecular flexibility index (Phi) is 4.53. The van der Waals surface area contributed by atoms with E-state index in [2.05, 4.69) is 30.0 Å². The van der Waals surface area contributed by atoms with Crippen LogP contribution in [0.1, 0.15) is 31.2 Å². The normalized spacial score (nSPS) is 23.2. The van der Waals surface area contributed by atoms with Gasteiger partial charge in [-0.1, -0.05) is 11.6 Å². The first-order valence-corrected chi connectivity index (χ1v) is 12.3. The van der Waals surface area contributed by atoms with Crippen LogP contribution in [-0.2, 0) is 13.1 Å². The Bertz CT molecular complexity index is 1360. The number of hydrogen-bond donors (Lipinski definition) is 0. The van der Waals surface area contributed by atoms with Gasteiger partial charge in [0.15, 0.2) is 17.5 Å². The van der Waals surface area contributed by atoms with E-state index in [1.807, 2.05) is 34.6 Å². The van der Waals surface area contributed by atoms with Crippen molar-refractivity contribution in [2.75, 3.05) is 36.0 Å². The van der Waals surface area contributed by atoms with Crippen molar-refractivity contribution < 1.29 is 13.2 Å². The molecule has 5 heterocycles. The van der Waals surface area contributed by atoms with Crippen molar-refractivity contribution in [2.45, 2.75) is 44.3 Å². The molecule has 1 saturated carbocycles. The molecule has 2 aromatic heterocycles. The highest BCUT2D eigenvalue weighted by atomic mass is 35.5. The summed E-state index contributed by atoms with van der Waals surface area (Å²) in [6.45, 7) is 5.79. The molecule has 0 N–H and O–H groups in total. The van der Waals surface area contributed by atoms with Crippen LogP contribution in [0.2, 0.25) is 5.02 Å². The Morgan fingerprint density at radius 3 is 2.47 bits per heavy atom. The first-order valence-electron chi connectivity index (χ1n) is 12.0. The first-order chi connectivity index (χ1) is 17.1. The third-order valence-corrected chi connectivity index (χ3v) is 8.30. The minimum absolute atomic E-state index is 0.0500. The van der Waals surface area contributed by atoms with Crippen molar-refractivity contribution in [3.63, 3.8) is 0 Å². The zero-order chi connectivity index (χ0) is 24.9. The van der Waals surface area contributed by atoms with E-state index >= 15 is 0 Å². The molecule has 3 aliphatic heterocycles. The van der Waals surface area contributed by atoms with Crippen molar-refractivity contribution in [2.24, 2.45) is 5.41 Å². The maximum Gasteiger partial charge on any atom is 0.251 e. The lowest BCUT2D eigenvalue weighted by Crippen LogP contribution is -2.73. The quantitative estimate of drug-likeness (QED) is 0.526. The number of halogens is 4. The first kappa shape index (κ1) is 22.3. The molecule has 3 fully saturated rings. The van der Waals surface area contributed by atoms with Gasteiger partial charge in [-0.2, -0.15) is 0 Å². The van der Waals surface area contributed by atoms with E-state index in [-0.39, 0.29) is 18.3 Å². The lowest BCUT2D eigenvalue weighted by atomic mass is 9.73. The molecule has 1 aliphatic carbocycles. The topological polar surface area (TPSA) is 66.2 Å². The summed E-state index contributed by atoms with van der Waals surface area (Å²) in [7, 11) is 0. The molecule has 8 nitrogen and oxygen atoms in total. The molecule has 0 atom stereocenters. The van der Waals surface area contributed by atoms with Crippen molar-refractivity contribution in [1.82, 2.24) is 29.6 Å². The smallest absolute Gasteiger partial charge is 0.251 e. The fourth-order valence-corrected chi connectivity index (χ4v) is 6.61. The van der Waals surface area contributed by atoms with Gasteiger partial charge in [0.05, 0.1) is 18.4 Å². The van der Waals surface area contributed by atoms with Crippen LogP contribution in [-0.4, -0.2) is 67.3 Å². The van der Waals surface area contributed by atoms with Crippen molar-refractivity contribution >= 4 is 23.4 Å². The highest BCUT2D eigenvalue weighted by Crippen LogP contribution is 2.51. The minimum atomic E-state index is -2.63. The summed E-state index contributed by atoms with van der Waals surface area (Å²) in [5.74, 6) is -1.25. The van der Waals surface area contributed by atoms with Gasteiger partial charge < -0.3 is 9.80 Å². The van der Waals surface area contributed by atoms with E-state index in [1.54, 1.807) is 0 Å². The number of nitrogens with zero attached hydrogens (tertiary/aromatic N) is 8. The van der Waals surface area contributed by atoms with Crippen LogP contribution < -0.4 is 9.80 Å². The van der Waals surface area contributed by atoms with Crippen LogP contribution in [0.4, 0.5) is 24.9 Å². The Balaban J connectivity index is 1.15. The van der Waals surface area contributed by atoms with Crippen LogP contribution in [0.3, 0.4) is 0 Å². The molecule has 1 aromatic carbocycles. The third kappa shape index (κ3) is 3.32. The fraction of sp³-hybridized carbons (Fsp3) is 0.500. The van der Waals surface area contributed by atoms with Crippen LogP contribution in [0.15, 0.2) is 30.7 Å². The second-order valence-electron chi connectivity index (χ2n) is 11.0. The predicted octanol–water partition coefficient (Wildman–Crippen LogP) is 3.68. The van der Waals surface area contributed by atoms with Gasteiger partial charge in [-0.15, -0.1) is 10.2 Å². The monoisotopic (exact) mass is 516 g/mol. The van der Waals surface area contributed by atoms with Gasteiger partial charge in [-0.05, 0) is 30.7 Å². The molecule has 4 aliphatic rings. The molecule has 0 amide bonds. The number of anilines is 2. The number of rotatable bonds is 3. The number of hydrogen-bond acceptors (Lipinski definition) is 7.